The lowest BCUT2D eigenvalue weighted by Crippen LogP contribution is -2.43. The van der Waals surface area contributed by atoms with Crippen LogP contribution in [0, 0.1) is 6.92 Å². The summed E-state index contributed by atoms with van der Waals surface area (Å²) >= 11 is 1.77. The van der Waals surface area contributed by atoms with E-state index in [9.17, 15) is 4.79 Å². The summed E-state index contributed by atoms with van der Waals surface area (Å²) < 4.78 is 0. The van der Waals surface area contributed by atoms with E-state index >= 15 is 0 Å². The Balaban J connectivity index is 2.25. The number of rotatable bonds is 5. The highest BCUT2D eigenvalue weighted by Gasteiger charge is 2.47. The minimum atomic E-state index is -0.436. The van der Waals surface area contributed by atoms with Crippen molar-refractivity contribution in [3.8, 4) is 0 Å². The number of amides is 1. The third-order valence-corrected chi connectivity index (χ3v) is 5.08. The minimum Gasteiger partial charge on any atom is -0.319 e. The lowest BCUT2D eigenvalue weighted by atomic mass is 9.99. The van der Waals surface area contributed by atoms with E-state index in [1.54, 1.807) is 11.3 Å². The average molecular weight is 295 g/mol. The molecule has 1 aliphatic heterocycles. The number of aryl methyl sites for hydroxylation is 1. The van der Waals surface area contributed by atoms with Crippen LogP contribution in [0.2, 0.25) is 0 Å². The lowest BCUT2D eigenvalue weighted by molar-refractivity contribution is -0.133. The molecule has 0 aliphatic carbocycles. The van der Waals surface area contributed by atoms with Gasteiger partial charge >= 0.3 is 0 Å². The molecule has 1 amide bonds. The molecule has 0 saturated carbocycles. The van der Waals surface area contributed by atoms with Gasteiger partial charge in [0, 0.05) is 22.8 Å². The largest absolute Gasteiger partial charge is 0.319 e. The summed E-state index contributed by atoms with van der Waals surface area (Å²) in [7, 11) is 4.08. The zero-order chi connectivity index (χ0) is 14.9. The Morgan fingerprint density at radius 3 is 2.65 bits per heavy atom. The highest BCUT2D eigenvalue weighted by molar-refractivity contribution is 7.12. The SMILES string of the molecule is CCC1(C)NC(c2ccc(C)s2)N(CCN(C)C)C1=O. The van der Waals surface area contributed by atoms with Gasteiger partial charge in [-0.2, -0.15) is 0 Å². The molecule has 112 valence electrons. The van der Waals surface area contributed by atoms with Crippen molar-refractivity contribution in [2.24, 2.45) is 0 Å². The van der Waals surface area contributed by atoms with Crippen molar-refractivity contribution in [3.63, 3.8) is 0 Å². The Morgan fingerprint density at radius 1 is 1.45 bits per heavy atom. The maximum absolute atomic E-state index is 12.7. The zero-order valence-corrected chi connectivity index (χ0v) is 13.9. The summed E-state index contributed by atoms with van der Waals surface area (Å²) in [5, 5.41) is 3.54. The number of thiophene rings is 1. The van der Waals surface area contributed by atoms with Gasteiger partial charge in [-0.05, 0) is 46.5 Å². The topological polar surface area (TPSA) is 35.6 Å². The van der Waals surface area contributed by atoms with Crippen LogP contribution >= 0.6 is 11.3 Å². The molecule has 5 heteroatoms. The number of carbonyl (C=O) groups excluding carboxylic acids is 1. The molecule has 0 radical (unpaired) electrons. The van der Waals surface area contributed by atoms with E-state index in [1.807, 2.05) is 25.9 Å². The van der Waals surface area contributed by atoms with E-state index in [0.717, 1.165) is 19.5 Å². The van der Waals surface area contributed by atoms with E-state index < -0.39 is 5.54 Å². The molecule has 1 aromatic rings. The molecule has 2 heterocycles. The van der Waals surface area contributed by atoms with Gasteiger partial charge in [0.25, 0.3) is 0 Å². The predicted molar refractivity (Wildman–Crippen MR) is 83.9 cm³/mol. The van der Waals surface area contributed by atoms with Crippen LogP contribution < -0.4 is 5.32 Å². The van der Waals surface area contributed by atoms with Crippen LogP contribution in [0.25, 0.3) is 0 Å². The standard InChI is InChI=1S/C15H25N3OS/c1-6-15(3)14(19)18(10-9-17(4)5)13(16-15)12-8-7-11(2)20-12/h7-8,13,16H,6,9-10H2,1-5H3. The van der Waals surface area contributed by atoms with Gasteiger partial charge in [0.15, 0.2) is 0 Å². The van der Waals surface area contributed by atoms with Crippen LogP contribution in [-0.2, 0) is 4.79 Å². The predicted octanol–water partition coefficient (Wildman–Crippen LogP) is 2.22. The molecule has 1 aliphatic rings. The molecule has 0 spiro atoms. The van der Waals surface area contributed by atoms with Crippen molar-refractivity contribution in [2.75, 3.05) is 27.2 Å². The molecule has 0 bridgehead atoms. The molecule has 20 heavy (non-hydrogen) atoms. The van der Waals surface area contributed by atoms with E-state index in [4.69, 9.17) is 0 Å². The highest BCUT2D eigenvalue weighted by Crippen LogP contribution is 2.35. The summed E-state index contributed by atoms with van der Waals surface area (Å²) in [6.45, 7) is 7.83. The van der Waals surface area contributed by atoms with Gasteiger partial charge in [-0.3, -0.25) is 10.1 Å². The third-order valence-electron chi connectivity index (χ3n) is 4.03. The Labute approximate surface area is 125 Å². The van der Waals surface area contributed by atoms with Gasteiger partial charge in [0.05, 0.1) is 5.54 Å². The Morgan fingerprint density at radius 2 is 2.15 bits per heavy atom. The van der Waals surface area contributed by atoms with Crippen molar-refractivity contribution in [3.05, 3.63) is 21.9 Å². The van der Waals surface area contributed by atoms with Gasteiger partial charge in [0.1, 0.15) is 6.17 Å². The second-order valence-electron chi connectivity index (χ2n) is 5.98. The first-order valence-corrected chi connectivity index (χ1v) is 7.99. The first kappa shape index (κ1) is 15.5. The Kier molecular flexibility index (Phi) is 4.52. The van der Waals surface area contributed by atoms with Crippen molar-refractivity contribution in [1.82, 2.24) is 15.1 Å². The van der Waals surface area contributed by atoms with Crippen molar-refractivity contribution < 1.29 is 4.79 Å². The summed E-state index contributed by atoms with van der Waals surface area (Å²) in [5.74, 6) is 0.220. The van der Waals surface area contributed by atoms with Gasteiger partial charge in [-0.1, -0.05) is 6.92 Å². The lowest BCUT2D eigenvalue weighted by Gasteiger charge is -2.25. The first-order valence-electron chi connectivity index (χ1n) is 7.17. The fraction of sp³-hybridized carbons (Fsp3) is 0.667. The van der Waals surface area contributed by atoms with Crippen LogP contribution in [-0.4, -0.2) is 48.4 Å². The molecular weight excluding hydrogens is 270 g/mol. The molecule has 2 rings (SSSR count). The summed E-state index contributed by atoms with van der Waals surface area (Å²) in [4.78, 5) is 19.3. The molecule has 1 fully saturated rings. The third kappa shape index (κ3) is 2.90. The van der Waals surface area contributed by atoms with Crippen LogP contribution in [0.3, 0.4) is 0 Å². The number of hydrogen-bond acceptors (Lipinski definition) is 4. The molecule has 1 saturated heterocycles. The maximum atomic E-state index is 12.7. The van der Waals surface area contributed by atoms with E-state index in [0.29, 0.717) is 0 Å². The van der Waals surface area contributed by atoms with Gasteiger partial charge in [-0.15, -0.1) is 11.3 Å². The molecule has 0 aromatic carbocycles. The van der Waals surface area contributed by atoms with E-state index in [-0.39, 0.29) is 12.1 Å². The molecular formula is C15H25N3OS. The van der Waals surface area contributed by atoms with Crippen LogP contribution in [0.5, 0.6) is 0 Å². The molecule has 2 unspecified atom stereocenters. The Hall–Kier alpha value is -0.910. The van der Waals surface area contributed by atoms with Crippen molar-refractivity contribution >= 4 is 17.2 Å². The summed E-state index contributed by atoms with van der Waals surface area (Å²) in [6, 6.07) is 4.26. The number of hydrogen-bond donors (Lipinski definition) is 1. The van der Waals surface area contributed by atoms with E-state index in [1.165, 1.54) is 9.75 Å². The van der Waals surface area contributed by atoms with Gasteiger partial charge in [0.2, 0.25) is 5.91 Å². The first-order chi connectivity index (χ1) is 9.37. The molecule has 1 aromatic heterocycles. The van der Waals surface area contributed by atoms with Crippen molar-refractivity contribution in [2.45, 2.75) is 38.9 Å². The number of nitrogens with zero attached hydrogens (tertiary/aromatic N) is 2. The monoisotopic (exact) mass is 295 g/mol. The molecule has 2 atom stereocenters. The number of likely N-dealkylation sites (N-methyl/N-ethyl adjacent to an activating group) is 1. The van der Waals surface area contributed by atoms with Crippen LogP contribution in [0.15, 0.2) is 12.1 Å². The quantitative estimate of drug-likeness (QED) is 0.905. The number of nitrogens with one attached hydrogen (secondary N) is 1. The fourth-order valence-corrected chi connectivity index (χ4v) is 3.43. The van der Waals surface area contributed by atoms with E-state index in [2.05, 4.69) is 36.2 Å². The van der Waals surface area contributed by atoms with Crippen LogP contribution in [0.4, 0.5) is 0 Å². The summed E-state index contributed by atoms with van der Waals surface area (Å²) in [6.07, 6.45) is 0.830. The molecule has 4 nitrogen and oxygen atoms in total. The second kappa shape index (κ2) is 5.84. The van der Waals surface area contributed by atoms with Gasteiger partial charge < -0.3 is 9.80 Å². The fourth-order valence-electron chi connectivity index (χ4n) is 2.49. The minimum absolute atomic E-state index is 0.0195. The Bertz CT molecular complexity index is 485. The highest BCUT2D eigenvalue weighted by atomic mass is 32.1. The van der Waals surface area contributed by atoms with Gasteiger partial charge in [-0.25, -0.2) is 0 Å². The average Bonchev–Trinajstić information content (AvgIpc) is 2.92. The van der Waals surface area contributed by atoms with Crippen LogP contribution in [0.1, 0.15) is 36.2 Å². The second-order valence-corrected chi connectivity index (χ2v) is 7.30. The number of carbonyl (C=O) groups is 1. The maximum Gasteiger partial charge on any atom is 0.244 e. The zero-order valence-electron chi connectivity index (χ0n) is 13.1. The normalized spacial score (nSPS) is 26.8. The van der Waals surface area contributed by atoms with Crippen molar-refractivity contribution in [1.29, 1.82) is 0 Å². The molecule has 1 N–H and O–H groups in total. The smallest absolute Gasteiger partial charge is 0.244 e. The summed E-state index contributed by atoms with van der Waals surface area (Å²) in [5.41, 5.74) is -0.436.